The van der Waals surface area contributed by atoms with E-state index < -0.39 is 58.0 Å². The van der Waals surface area contributed by atoms with Gasteiger partial charge in [-0.2, -0.15) is 0 Å². The maximum atomic E-state index is 15.4. The van der Waals surface area contributed by atoms with Crippen LogP contribution in [0.3, 0.4) is 0 Å². The van der Waals surface area contributed by atoms with Crippen molar-refractivity contribution < 1.29 is 31.5 Å². The summed E-state index contributed by atoms with van der Waals surface area (Å²) in [4.78, 5) is 13.8. The molecule has 3 atom stereocenters. The molecule has 6 nitrogen and oxygen atoms in total. The highest BCUT2D eigenvalue weighted by atomic mass is 32.2. The standard InChI is InChI=1S/C22H25F3N2O4S/c1-22(2,29)21(28)27-12-17(24)20(26-32(3,30)31)18(27)11-13-7-6-9-15(19(13)25)14-8-4-5-10-16(14)23/h4-10,17-18,20,26,29H,11-12H2,1-3H3/t17-,18-,20-/m0/s1. The predicted octanol–water partition coefficient (Wildman–Crippen LogP) is 2.41. The Hall–Kier alpha value is -2.43. The monoisotopic (exact) mass is 470 g/mol. The quantitative estimate of drug-likeness (QED) is 0.679. The fourth-order valence-electron chi connectivity index (χ4n) is 3.94. The van der Waals surface area contributed by atoms with Crippen molar-refractivity contribution in [2.24, 2.45) is 0 Å². The van der Waals surface area contributed by atoms with Crippen LogP contribution in [0.5, 0.6) is 0 Å². The van der Waals surface area contributed by atoms with E-state index >= 15 is 4.39 Å². The number of hydrogen-bond donors (Lipinski definition) is 2. The summed E-state index contributed by atoms with van der Waals surface area (Å²) in [6.07, 6.45) is -1.15. The summed E-state index contributed by atoms with van der Waals surface area (Å²) in [6.45, 7) is 2.00. The molecule has 1 amide bonds. The molecule has 0 bridgehead atoms. The van der Waals surface area contributed by atoms with Crippen LogP contribution in [0.4, 0.5) is 13.2 Å². The molecule has 0 radical (unpaired) electrons. The van der Waals surface area contributed by atoms with Crippen molar-refractivity contribution in [2.45, 2.75) is 44.1 Å². The van der Waals surface area contributed by atoms with Gasteiger partial charge in [0.15, 0.2) is 0 Å². The maximum Gasteiger partial charge on any atom is 0.254 e. The second-order valence-corrected chi connectivity index (χ2v) is 10.3. The number of halogens is 3. The Labute approximate surface area is 185 Å². The summed E-state index contributed by atoms with van der Waals surface area (Å²) in [5.74, 6) is -2.19. The number of nitrogens with one attached hydrogen (secondary N) is 1. The van der Waals surface area contributed by atoms with Crippen molar-refractivity contribution >= 4 is 15.9 Å². The van der Waals surface area contributed by atoms with Crippen molar-refractivity contribution in [3.63, 3.8) is 0 Å². The summed E-state index contributed by atoms with van der Waals surface area (Å²) in [5.41, 5.74) is -1.76. The van der Waals surface area contributed by atoms with Crippen LogP contribution >= 0.6 is 0 Å². The Bertz CT molecular complexity index is 1120. The number of carbonyl (C=O) groups is 1. The van der Waals surface area contributed by atoms with Gasteiger partial charge in [0.25, 0.3) is 5.91 Å². The van der Waals surface area contributed by atoms with Crippen LogP contribution in [0.2, 0.25) is 0 Å². The normalized spacial score (nSPS) is 21.7. The minimum atomic E-state index is -3.85. The summed E-state index contributed by atoms with van der Waals surface area (Å²) < 4.78 is 70.2. The molecule has 1 aliphatic rings. The molecule has 1 saturated heterocycles. The van der Waals surface area contributed by atoms with Gasteiger partial charge in [-0.3, -0.25) is 4.79 Å². The van der Waals surface area contributed by atoms with Gasteiger partial charge in [0.1, 0.15) is 23.4 Å². The van der Waals surface area contributed by atoms with Gasteiger partial charge in [0.2, 0.25) is 10.0 Å². The van der Waals surface area contributed by atoms with Gasteiger partial charge < -0.3 is 10.0 Å². The third-order valence-corrected chi connectivity index (χ3v) is 6.08. The van der Waals surface area contributed by atoms with E-state index in [1.807, 2.05) is 0 Å². The van der Waals surface area contributed by atoms with Crippen LogP contribution in [0, 0.1) is 11.6 Å². The number of rotatable bonds is 6. The van der Waals surface area contributed by atoms with E-state index in [1.54, 1.807) is 6.07 Å². The Morgan fingerprint density at radius 1 is 1.16 bits per heavy atom. The number of likely N-dealkylation sites (tertiary alicyclic amines) is 1. The molecule has 174 valence electrons. The first-order chi connectivity index (χ1) is 14.8. The highest BCUT2D eigenvalue weighted by molar-refractivity contribution is 7.88. The number of sulfonamides is 1. The number of carbonyl (C=O) groups excluding carboxylic acids is 1. The van der Waals surface area contributed by atoms with E-state index in [0.717, 1.165) is 11.2 Å². The van der Waals surface area contributed by atoms with Crippen LogP contribution in [0.1, 0.15) is 19.4 Å². The topological polar surface area (TPSA) is 86.7 Å². The number of hydrogen-bond acceptors (Lipinski definition) is 4. The molecule has 0 saturated carbocycles. The van der Waals surface area contributed by atoms with Crippen LogP contribution in [-0.4, -0.2) is 61.0 Å². The summed E-state index contributed by atoms with van der Waals surface area (Å²) >= 11 is 0. The number of nitrogens with zero attached hydrogens (tertiary/aromatic N) is 1. The number of alkyl halides is 1. The first-order valence-electron chi connectivity index (χ1n) is 9.96. The molecular formula is C22H25F3N2O4S. The molecule has 32 heavy (non-hydrogen) atoms. The third kappa shape index (κ3) is 5.13. The summed E-state index contributed by atoms with van der Waals surface area (Å²) in [5, 5.41) is 10.1. The maximum absolute atomic E-state index is 15.4. The van der Waals surface area contributed by atoms with Gasteiger partial charge in [0, 0.05) is 11.1 Å². The van der Waals surface area contributed by atoms with E-state index in [2.05, 4.69) is 4.72 Å². The first-order valence-corrected chi connectivity index (χ1v) is 11.9. The van der Waals surface area contributed by atoms with E-state index in [9.17, 15) is 27.1 Å². The lowest BCUT2D eigenvalue weighted by molar-refractivity contribution is -0.149. The van der Waals surface area contributed by atoms with Crippen molar-refractivity contribution in [3.05, 3.63) is 59.7 Å². The van der Waals surface area contributed by atoms with Gasteiger partial charge in [-0.15, -0.1) is 0 Å². The molecule has 1 aliphatic heterocycles. The van der Waals surface area contributed by atoms with E-state index in [4.69, 9.17) is 0 Å². The molecule has 0 aromatic heterocycles. The van der Waals surface area contributed by atoms with Crippen molar-refractivity contribution in [3.8, 4) is 11.1 Å². The fraction of sp³-hybridized carbons (Fsp3) is 0.409. The minimum Gasteiger partial charge on any atom is -0.381 e. The molecule has 3 rings (SSSR count). The second kappa shape index (κ2) is 8.84. The smallest absolute Gasteiger partial charge is 0.254 e. The van der Waals surface area contributed by atoms with E-state index in [1.165, 1.54) is 50.2 Å². The zero-order valence-electron chi connectivity index (χ0n) is 17.8. The van der Waals surface area contributed by atoms with Gasteiger partial charge in [0.05, 0.1) is 24.9 Å². The molecular weight excluding hydrogens is 445 g/mol. The number of benzene rings is 2. The molecule has 0 aliphatic carbocycles. The molecule has 2 aromatic carbocycles. The molecule has 2 N–H and O–H groups in total. The first kappa shape index (κ1) is 24.2. The number of aliphatic hydroxyl groups is 1. The molecule has 0 unspecified atom stereocenters. The highest BCUT2D eigenvalue weighted by Gasteiger charge is 2.48. The minimum absolute atomic E-state index is 0.0108. The van der Waals surface area contributed by atoms with E-state index in [-0.39, 0.29) is 23.1 Å². The van der Waals surface area contributed by atoms with Crippen LogP contribution in [0.25, 0.3) is 11.1 Å². The zero-order valence-corrected chi connectivity index (χ0v) is 18.7. The fourth-order valence-corrected chi connectivity index (χ4v) is 4.74. The Balaban J connectivity index is 2.03. The Morgan fingerprint density at radius 3 is 2.38 bits per heavy atom. The molecule has 0 spiro atoms. The predicted molar refractivity (Wildman–Crippen MR) is 114 cm³/mol. The van der Waals surface area contributed by atoms with Crippen molar-refractivity contribution in [2.75, 3.05) is 12.8 Å². The van der Waals surface area contributed by atoms with Gasteiger partial charge in [-0.05, 0) is 31.9 Å². The average Bonchev–Trinajstić information content (AvgIpc) is 2.97. The summed E-state index contributed by atoms with van der Waals surface area (Å²) in [7, 11) is -3.85. The van der Waals surface area contributed by atoms with Crippen LogP contribution in [-0.2, 0) is 21.2 Å². The lowest BCUT2D eigenvalue weighted by atomic mass is 9.95. The second-order valence-electron chi connectivity index (χ2n) is 8.48. The zero-order chi connectivity index (χ0) is 23.8. The molecule has 10 heteroatoms. The lowest BCUT2D eigenvalue weighted by Crippen LogP contribution is -2.53. The Morgan fingerprint density at radius 2 is 1.78 bits per heavy atom. The largest absolute Gasteiger partial charge is 0.381 e. The van der Waals surface area contributed by atoms with Gasteiger partial charge >= 0.3 is 0 Å². The van der Waals surface area contributed by atoms with E-state index in [0.29, 0.717) is 0 Å². The van der Waals surface area contributed by atoms with Crippen LogP contribution in [0.15, 0.2) is 42.5 Å². The van der Waals surface area contributed by atoms with Crippen molar-refractivity contribution in [1.82, 2.24) is 9.62 Å². The molecule has 1 fully saturated rings. The average molecular weight is 471 g/mol. The number of amides is 1. The van der Waals surface area contributed by atoms with Gasteiger partial charge in [-0.25, -0.2) is 26.3 Å². The molecule has 1 heterocycles. The van der Waals surface area contributed by atoms with Gasteiger partial charge in [-0.1, -0.05) is 36.4 Å². The lowest BCUT2D eigenvalue weighted by Gasteiger charge is -2.32. The Kier molecular flexibility index (Phi) is 6.69. The SMILES string of the molecule is CC(C)(O)C(=O)N1C[C@H](F)[C@H](NS(C)(=O)=O)[C@@H]1Cc1cccc(-c2ccccc2F)c1F. The highest BCUT2D eigenvalue weighted by Crippen LogP contribution is 2.32. The van der Waals surface area contributed by atoms with Crippen molar-refractivity contribution in [1.29, 1.82) is 0 Å². The summed E-state index contributed by atoms with van der Waals surface area (Å²) in [6, 6.07) is 7.52. The molecule has 2 aromatic rings. The van der Waals surface area contributed by atoms with Crippen LogP contribution < -0.4 is 4.72 Å². The third-order valence-electron chi connectivity index (χ3n) is 5.38.